The van der Waals surface area contributed by atoms with Gasteiger partial charge in [-0.05, 0) is 24.3 Å². The van der Waals surface area contributed by atoms with Crippen molar-refractivity contribution in [3.63, 3.8) is 0 Å². The lowest BCUT2D eigenvalue weighted by molar-refractivity contribution is 0.276. The molecule has 0 saturated carbocycles. The molecule has 0 radical (unpaired) electrons. The topological polar surface area (TPSA) is 50.9 Å². The minimum absolute atomic E-state index is 0.0319. The van der Waals surface area contributed by atoms with Gasteiger partial charge in [0.25, 0.3) is 0 Å². The summed E-state index contributed by atoms with van der Waals surface area (Å²) in [5.41, 5.74) is 4.49. The van der Waals surface area contributed by atoms with Crippen molar-refractivity contribution in [2.45, 2.75) is 6.61 Å². The van der Waals surface area contributed by atoms with Gasteiger partial charge in [0.2, 0.25) is 0 Å². The Morgan fingerprint density at radius 3 is 3.06 bits per heavy atom. The quantitative estimate of drug-likeness (QED) is 0.733. The van der Waals surface area contributed by atoms with E-state index in [1.165, 1.54) is 0 Å². The van der Waals surface area contributed by atoms with Crippen molar-refractivity contribution in [2.24, 2.45) is 0 Å². The van der Waals surface area contributed by atoms with E-state index in [0.717, 1.165) is 15.9 Å². The average molecular weight is 231 g/mol. The third-order valence-corrected chi connectivity index (χ3v) is 3.18. The molecule has 0 bridgehead atoms. The van der Waals surface area contributed by atoms with Crippen LogP contribution in [0.3, 0.4) is 0 Å². The summed E-state index contributed by atoms with van der Waals surface area (Å²) in [6.45, 7) is -0.0319. The van der Waals surface area contributed by atoms with Crippen LogP contribution < -0.4 is 0 Å². The molecule has 0 unspecified atom stereocenters. The highest BCUT2D eigenvalue weighted by Gasteiger charge is 2.02. The molecule has 0 saturated heterocycles. The highest BCUT2D eigenvalue weighted by molar-refractivity contribution is 7.16. The van der Waals surface area contributed by atoms with E-state index < -0.39 is 0 Å². The van der Waals surface area contributed by atoms with E-state index in [2.05, 4.69) is 10.1 Å². The van der Waals surface area contributed by atoms with Gasteiger partial charge in [-0.25, -0.2) is 9.67 Å². The zero-order chi connectivity index (χ0) is 11.0. The molecule has 0 aliphatic heterocycles. The van der Waals surface area contributed by atoms with Gasteiger partial charge >= 0.3 is 0 Å². The Labute approximate surface area is 95.8 Å². The number of hydrogen-bond donors (Lipinski definition) is 1. The summed E-state index contributed by atoms with van der Waals surface area (Å²) in [6, 6.07) is 7.79. The number of aliphatic hydroxyl groups excluding tert-OH is 1. The van der Waals surface area contributed by atoms with Crippen molar-refractivity contribution in [3.8, 4) is 5.69 Å². The molecule has 5 heteroatoms. The Morgan fingerprint density at radius 2 is 2.25 bits per heavy atom. The summed E-state index contributed by atoms with van der Waals surface area (Å²) in [6.07, 6.45) is 1.84. The summed E-state index contributed by atoms with van der Waals surface area (Å²) < 4.78 is 2.89. The van der Waals surface area contributed by atoms with Crippen LogP contribution in [0.15, 0.2) is 36.0 Å². The van der Waals surface area contributed by atoms with Gasteiger partial charge in [-0.1, -0.05) is 0 Å². The van der Waals surface area contributed by atoms with Crippen molar-refractivity contribution in [3.05, 3.63) is 41.7 Å². The summed E-state index contributed by atoms with van der Waals surface area (Å²) in [5.74, 6) is 0. The zero-order valence-electron chi connectivity index (χ0n) is 8.37. The third kappa shape index (κ3) is 1.50. The maximum absolute atomic E-state index is 8.95. The highest BCUT2D eigenvalue weighted by atomic mass is 32.1. The number of hydrogen-bond acceptors (Lipinski definition) is 4. The van der Waals surface area contributed by atoms with E-state index in [0.29, 0.717) is 5.69 Å². The van der Waals surface area contributed by atoms with Gasteiger partial charge < -0.3 is 5.11 Å². The first-order chi connectivity index (χ1) is 7.86. The van der Waals surface area contributed by atoms with Crippen LogP contribution in [0.1, 0.15) is 5.69 Å². The fourth-order valence-corrected chi connectivity index (χ4v) is 2.29. The Hall–Kier alpha value is -1.72. The monoisotopic (exact) mass is 231 g/mol. The van der Waals surface area contributed by atoms with Crippen LogP contribution in [0.4, 0.5) is 0 Å². The number of aliphatic hydroxyl groups is 1. The number of thiazole rings is 1. The minimum atomic E-state index is -0.0319. The van der Waals surface area contributed by atoms with Crippen molar-refractivity contribution in [2.75, 3.05) is 0 Å². The maximum Gasteiger partial charge on any atom is 0.0883 e. The van der Waals surface area contributed by atoms with Crippen LogP contribution >= 0.6 is 11.3 Å². The van der Waals surface area contributed by atoms with Gasteiger partial charge in [-0.15, -0.1) is 11.3 Å². The van der Waals surface area contributed by atoms with Crippen LogP contribution in [0, 0.1) is 0 Å². The molecule has 0 spiro atoms. The SMILES string of the molecule is OCc1ccn(-c2ccc3ncsc3c2)n1. The Balaban J connectivity index is 2.10. The highest BCUT2D eigenvalue weighted by Crippen LogP contribution is 2.20. The lowest BCUT2D eigenvalue weighted by Gasteiger charge is -2.00. The summed E-state index contributed by atoms with van der Waals surface area (Å²) >= 11 is 1.61. The van der Waals surface area contributed by atoms with E-state index in [1.54, 1.807) is 22.1 Å². The van der Waals surface area contributed by atoms with Crippen LogP contribution in [0.2, 0.25) is 0 Å². The van der Waals surface area contributed by atoms with E-state index >= 15 is 0 Å². The molecule has 0 atom stereocenters. The molecular formula is C11H9N3OS. The van der Waals surface area contributed by atoms with Crippen molar-refractivity contribution in [1.29, 1.82) is 0 Å². The smallest absolute Gasteiger partial charge is 0.0883 e. The van der Waals surface area contributed by atoms with Gasteiger partial charge in [0, 0.05) is 6.20 Å². The molecule has 1 aromatic carbocycles. The first-order valence-corrected chi connectivity index (χ1v) is 5.74. The normalized spacial score (nSPS) is 11.1. The second-order valence-electron chi connectivity index (χ2n) is 3.41. The predicted octanol–water partition coefficient (Wildman–Crippen LogP) is 1.97. The van der Waals surface area contributed by atoms with Gasteiger partial charge in [0.1, 0.15) is 0 Å². The standard InChI is InChI=1S/C11H9N3OS/c15-6-8-3-4-14(13-8)9-1-2-10-11(5-9)16-7-12-10/h1-5,7,15H,6H2. The number of benzene rings is 1. The molecule has 2 aromatic heterocycles. The molecule has 80 valence electrons. The van der Waals surface area contributed by atoms with E-state index in [-0.39, 0.29) is 6.61 Å². The molecule has 0 aliphatic rings. The first-order valence-electron chi connectivity index (χ1n) is 4.86. The Kier molecular flexibility index (Phi) is 2.19. The second-order valence-corrected chi connectivity index (χ2v) is 4.30. The molecule has 2 heterocycles. The summed E-state index contributed by atoms with van der Waals surface area (Å²) in [4.78, 5) is 4.22. The van der Waals surface area contributed by atoms with E-state index in [4.69, 9.17) is 5.11 Å². The van der Waals surface area contributed by atoms with Crippen LogP contribution in [0.5, 0.6) is 0 Å². The van der Waals surface area contributed by atoms with Gasteiger partial charge in [0.15, 0.2) is 0 Å². The van der Waals surface area contributed by atoms with Gasteiger partial charge in [0.05, 0.1) is 33.7 Å². The number of rotatable bonds is 2. The van der Waals surface area contributed by atoms with Gasteiger partial charge in [-0.3, -0.25) is 0 Å². The average Bonchev–Trinajstić information content (AvgIpc) is 2.96. The zero-order valence-corrected chi connectivity index (χ0v) is 9.18. The van der Waals surface area contributed by atoms with Crippen molar-refractivity contribution in [1.82, 2.24) is 14.8 Å². The Morgan fingerprint density at radius 1 is 1.31 bits per heavy atom. The summed E-state index contributed by atoms with van der Waals surface area (Å²) in [5, 5.41) is 13.2. The van der Waals surface area contributed by atoms with Crippen molar-refractivity contribution >= 4 is 21.6 Å². The third-order valence-electron chi connectivity index (χ3n) is 2.39. The van der Waals surface area contributed by atoms with E-state index in [9.17, 15) is 0 Å². The molecule has 4 nitrogen and oxygen atoms in total. The first kappa shape index (κ1) is 9.50. The molecule has 1 N–H and O–H groups in total. The Bertz CT molecular complexity index is 629. The number of nitrogens with zero attached hydrogens (tertiary/aromatic N) is 3. The molecule has 0 amide bonds. The second kappa shape index (κ2) is 3.70. The molecule has 3 rings (SSSR count). The molecule has 0 aliphatic carbocycles. The maximum atomic E-state index is 8.95. The van der Waals surface area contributed by atoms with Crippen molar-refractivity contribution < 1.29 is 5.11 Å². The predicted molar refractivity (Wildman–Crippen MR) is 62.7 cm³/mol. The molecule has 0 fully saturated rings. The van der Waals surface area contributed by atoms with E-state index in [1.807, 2.05) is 29.9 Å². The van der Waals surface area contributed by atoms with Crippen LogP contribution in [0.25, 0.3) is 15.9 Å². The number of aromatic nitrogens is 3. The molecule has 3 aromatic rings. The fraction of sp³-hybridized carbons (Fsp3) is 0.0909. The minimum Gasteiger partial charge on any atom is -0.390 e. The largest absolute Gasteiger partial charge is 0.390 e. The summed E-state index contributed by atoms with van der Waals surface area (Å²) in [7, 11) is 0. The fourth-order valence-electron chi connectivity index (χ4n) is 1.58. The lowest BCUT2D eigenvalue weighted by Crippen LogP contribution is -1.95. The van der Waals surface area contributed by atoms with Crippen LogP contribution in [-0.4, -0.2) is 19.9 Å². The lowest BCUT2D eigenvalue weighted by atomic mass is 10.3. The molecule has 16 heavy (non-hydrogen) atoms. The number of fused-ring (bicyclic) bond motifs is 1. The van der Waals surface area contributed by atoms with Gasteiger partial charge in [-0.2, -0.15) is 5.10 Å². The molecular weight excluding hydrogens is 222 g/mol. The van der Waals surface area contributed by atoms with Crippen LogP contribution in [-0.2, 0) is 6.61 Å².